The van der Waals surface area contributed by atoms with Crippen LogP contribution in [0.15, 0.2) is 47.1 Å². The summed E-state index contributed by atoms with van der Waals surface area (Å²) in [4.78, 5) is 42.2. The molecule has 2 aromatic rings. The fourth-order valence-corrected chi connectivity index (χ4v) is 4.64. The van der Waals surface area contributed by atoms with E-state index < -0.39 is 6.04 Å². The number of likely N-dealkylation sites (tertiary alicyclic amines) is 1. The number of hydrogen-bond donors (Lipinski definition) is 1. The van der Waals surface area contributed by atoms with E-state index in [0.29, 0.717) is 26.1 Å². The fraction of sp³-hybridized carbons (Fsp3) is 0.458. The molecule has 3 amide bonds. The van der Waals surface area contributed by atoms with Gasteiger partial charge in [0.05, 0.1) is 6.26 Å². The smallest absolute Gasteiger partial charge is 0.290 e. The molecule has 1 aliphatic carbocycles. The Balaban J connectivity index is 1.28. The number of nitrogens with zero attached hydrogens (tertiary/aromatic N) is 2. The zero-order valence-corrected chi connectivity index (χ0v) is 17.5. The van der Waals surface area contributed by atoms with Crippen LogP contribution < -0.4 is 5.32 Å². The molecule has 3 aliphatic rings. The molecule has 7 nitrogen and oxygen atoms in total. The molecule has 1 atom stereocenters. The van der Waals surface area contributed by atoms with E-state index in [1.54, 1.807) is 17.0 Å². The highest BCUT2D eigenvalue weighted by Gasteiger charge is 2.38. The average Bonchev–Trinajstić information content (AvgIpc) is 3.51. The topological polar surface area (TPSA) is 82.9 Å². The molecule has 2 aliphatic heterocycles. The molecule has 5 rings (SSSR count). The predicted octanol–water partition coefficient (Wildman–Crippen LogP) is 2.36. The second kappa shape index (κ2) is 8.21. The van der Waals surface area contributed by atoms with Crippen molar-refractivity contribution in [3.63, 3.8) is 0 Å². The third-order valence-electron chi connectivity index (χ3n) is 6.62. The van der Waals surface area contributed by atoms with Crippen LogP contribution in [-0.4, -0.2) is 52.7 Å². The van der Waals surface area contributed by atoms with Crippen LogP contribution in [0.1, 0.15) is 47.4 Å². The maximum atomic E-state index is 13.3. The van der Waals surface area contributed by atoms with E-state index in [0.717, 1.165) is 36.8 Å². The van der Waals surface area contributed by atoms with Crippen molar-refractivity contribution in [3.05, 3.63) is 59.5 Å². The molecule has 31 heavy (non-hydrogen) atoms. The summed E-state index contributed by atoms with van der Waals surface area (Å²) < 4.78 is 5.31. The number of rotatable bonds is 4. The van der Waals surface area contributed by atoms with Crippen LogP contribution in [0, 0.1) is 5.92 Å². The number of amides is 3. The summed E-state index contributed by atoms with van der Waals surface area (Å²) in [6.45, 7) is 1.74. The minimum atomic E-state index is -0.585. The number of furan rings is 1. The van der Waals surface area contributed by atoms with Crippen molar-refractivity contribution >= 4 is 17.7 Å². The van der Waals surface area contributed by atoms with E-state index in [4.69, 9.17) is 4.42 Å². The lowest BCUT2D eigenvalue weighted by molar-refractivity contribution is -0.133. The Kier molecular flexibility index (Phi) is 5.26. The number of fused-ring (bicyclic) bond motifs is 1. The monoisotopic (exact) mass is 421 g/mol. The summed E-state index contributed by atoms with van der Waals surface area (Å²) in [5.41, 5.74) is 2.15. The highest BCUT2D eigenvalue weighted by atomic mass is 16.3. The third kappa shape index (κ3) is 4.09. The average molecular weight is 421 g/mol. The van der Waals surface area contributed by atoms with Gasteiger partial charge >= 0.3 is 0 Å². The number of carbonyl (C=O) groups excluding carboxylic acids is 3. The molecule has 0 bridgehead atoms. The number of benzene rings is 1. The van der Waals surface area contributed by atoms with Crippen molar-refractivity contribution < 1.29 is 18.8 Å². The van der Waals surface area contributed by atoms with Gasteiger partial charge in [-0.15, -0.1) is 0 Å². The van der Waals surface area contributed by atoms with Crippen molar-refractivity contribution in [1.29, 1.82) is 0 Å². The fourth-order valence-electron chi connectivity index (χ4n) is 4.64. The summed E-state index contributed by atoms with van der Waals surface area (Å²) in [6, 6.07) is 10.7. The molecule has 1 saturated carbocycles. The van der Waals surface area contributed by atoms with E-state index >= 15 is 0 Å². The number of nitrogens with one attached hydrogen (secondary N) is 1. The molecular formula is C24H27N3O4. The first-order valence-corrected chi connectivity index (χ1v) is 11.1. The van der Waals surface area contributed by atoms with Crippen LogP contribution in [0.2, 0.25) is 0 Å². The zero-order chi connectivity index (χ0) is 21.4. The molecule has 0 spiro atoms. The summed E-state index contributed by atoms with van der Waals surface area (Å²) in [5.74, 6) is 0.327. The lowest BCUT2D eigenvalue weighted by Crippen LogP contribution is -2.56. The zero-order valence-electron chi connectivity index (χ0n) is 17.5. The molecule has 1 N–H and O–H groups in total. The van der Waals surface area contributed by atoms with E-state index in [9.17, 15) is 14.4 Å². The first kappa shape index (κ1) is 19.8. The SMILES string of the molecule is O=C(NC1CCN(C(=O)C2CC2)CC1)C1Cc2ccccc2CN1C(=O)c1ccco1. The summed E-state index contributed by atoms with van der Waals surface area (Å²) in [6.07, 6.45) is 5.47. The van der Waals surface area contributed by atoms with Crippen molar-refractivity contribution in [3.8, 4) is 0 Å². The Morgan fingerprint density at radius 1 is 0.935 bits per heavy atom. The van der Waals surface area contributed by atoms with Gasteiger partial charge in [0, 0.05) is 38.0 Å². The Bertz CT molecular complexity index is 974. The van der Waals surface area contributed by atoms with Crippen LogP contribution in [0.25, 0.3) is 0 Å². The molecule has 1 aromatic carbocycles. The van der Waals surface area contributed by atoms with Gasteiger partial charge in [0.1, 0.15) is 6.04 Å². The Morgan fingerprint density at radius 3 is 2.35 bits per heavy atom. The van der Waals surface area contributed by atoms with Gasteiger partial charge in [-0.1, -0.05) is 24.3 Å². The van der Waals surface area contributed by atoms with Gasteiger partial charge in [-0.25, -0.2) is 0 Å². The van der Waals surface area contributed by atoms with Crippen LogP contribution in [-0.2, 0) is 22.6 Å². The van der Waals surface area contributed by atoms with Crippen molar-refractivity contribution in [2.45, 2.75) is 50.7 Å². The molecule has 2 fully saturated rings. The summed E-state index contributed by atoms with van der Waals surface area (Å²) in [7, 11) is 0. The normalized spacial score (nSPS) is 21.5. The molecule has 1 saturated heterocycles. The number of hydrogen-bond acceptors (Lipinski definition) is 4. The first-order chi connectivity index (χ1) is 15.1. The molecule has 1 aromatic heterocycles. The standard InChI is InChI=1S/C24H27N3O4/c28-22(25-19-9-11-26(12-10-19)23(29)16-7-8-16)20-14-17-4-1-2-5-18(17)15-27(20)24(30)21-6-3-13-31-21/h1-6,13,16,19-20H,7-12,14-15H2,(H,25,28). The Morgan fingerprint density at radius 2 is 1.68 bits per heavy atom. The highest BCUT2D eigenvalue weighted by Crippen LogP contribution is 2.32. The van der Waals surface area contributed by atoms with Crippen molar-refractivity contribution in [1.82, 2.24) is 15.1 Å². The molecule has 3 heterocycles. The number of carbonyl (C=O) groups is 3. The van der Waals surface area contributed by atoms with E-state index in [2.05, 4.69) is 5.32 Å². The minimum absolute atomic E-state index is 0.0217. The first-order valence-electron chi connectivity index (χ1n) is 11.1. The summed E-state index contributed by atoms with van der Waals surface area (Å²) >= 11 is 0. The Hall–Kier alpha value is -3.09. The van der Waals surface area contributed by atoms with Crippen LogP contribution in [0.5, 0.6) is 0 Å². The third-order valence-corrected chi connectivity index (χ3v) is 6.62. The van der Waals surface area contributed by atoms with E-state index in [1.807, 2.05) is 29.2 Å². The van der Waals surface area contributed by atoms with Crippen LogP contribution in [0.4, 0.5) is 0 Å². The highest BCUT2D eigenvalue weighted by molar-refractivity contribution is 5.96. The lowest BCUT2D eigenvalue weighted by atomic mass is 9.92. The maximum Gasteiger partial charge on any atom is 0.290 e. The van der Waals surface area contributed by atoms with Crippen LogP contribution in [0.3, 0.4) is 0 Å². The second-order valence-electron chi connectivity index (χ2n) is 8.78. The van der Waals surface area contributed by atoms with Gasteiger partial charge in [0.2, 0.25) is 11.8 Å². The van der Waals surface area contributed by atoms with E-state index in [1.165, 1.54) is 6.26 Å². The molecule has 162 valence electrons. The molecule has 0 radical (unpaired) electrons. The van der Waals surface area contributed by atoms with Gasteiger partial charge in [-0.05, 0) is 48.9 Å². The molecule has 1 unspecified atom stereocenters. The van der Waals surface area contributed by atoms with Gasteiger partial charge < -0.3 is 19.5 Å². The maximum absolute atomic E-state index is 13.3. The minimum Gasteiger partial charge on any atom is -0.459 e. The van der Waals surface area contributed by atoms with Gasteiger partial charge in [0.25, 0.3) is 5.91 Å². The van der Waals surface area contributed by atoms with E-state index in [-0.39, 0.29) is 35.4 Å². The lowest BCUT2D eigenvalue weighted by Gasteiger charge is -2.38. The van der Waals surface area contributed by atoms with Gasteiger partial charge in [0.15, 0.2) is 5.76 Å². The number of piperidine rings is 1. The second-order valence-corrected chi connectivity index (χ2v) is 8.78. The molecular weight excluding hydrogens is 394 g/mol. The quantitative estimate of drug-likeness (QED) is 0.822. The van der Waals surface area contributed by atoms with Crippen molar-refractivity contribution in [2.75, 3.05) is 13.1 Å². The van der Waals surface area contributed by atoms with Crippen LogP contribution >= 0.6 is 0 Å². The largest absolute Gasteiger partial charge is 0.459 e. The predicted molar refractivity (Wildman–Crippen MR) is 113 cm³/mol. The van der Waals surface area contributed by atoms with Gasteiger partial charge in [-0.2, -0.15) is 0 Å². The Labute approximate surface area is 181 Å². The van der Waals surface area contributed by atoms with Gasteiger partial charge in [-0.3, -0.25) is 14.4 Å². The van der Waals surface area contributed by atoms with Crippen molar-refractivity contribution in [2.24, 2.45) is 5.92 Å². The molecule has 7 heteroatoms. The summed E-state index contributed by atoms with van der Waals surface area (Å²) in [5, 5.41) is 3.15.